The van der Waals surface area contributed by atoms with E-state index in [0.717, 1.165) is 0 Å². The van der Waals surface area contributed by atoms with Crippen molar-refractivity contribution < 1.29 is 19.1 Å². The Bertz CT molecular complexity index is 545. The third-order valence-corrected chi connectivity index (χ3v) is 3.88. The fraction of sp³-hybridized carbons (Fsp3) is 0.500. The number of benzene rings is 1. The molecular weight excluding hydrogens is 320 g/mol. The predicted octanol–water partition coefficient (Wildman–Crippen LogP) is 1.29. The molecule has 2 amide bonds. The van der Waals surface area contributed by atoms with Crippen LogP contribution in [0.25, 0.3) is 0 Å². The van der Waals surface area contributed by atoms with Crippen molar-refractivity contribution in [3.8, 4) is 0 Å². The number of methoxy groups -OCH3 is 1. The fourth-order valence-corrected chi connectivity index (χ4v) is 2.55. The van der Waals surface area contributed by atoms with Gasteiger partial charge in [0.1, 0.15) is 6.61 Å². The van der Waals surface area contributed by atoms with Gasteiger partial charge >= 0.3 is 0 Å². The van der Waals surface area contributed by atoms with E-state index in [1.54, 1.807) is 41.2 Å². The molecule has 1 heterocycles. The zero-order valence-electron chi connectivity index (χ0n) is 13.2. The van der Waals surface area contributed by atoms with Gasteiger partial charge in [-0.25, -0.2) is 0 Å². The smallest absolute Gasteiger partial charge is 0.254 e. The summed E-state index contributed by atoms with van der Waals surface area (Å²) in [5.41, 5.74) is 0.570. The minimum Gasteiger partial charge on any atom is -0.382 e. The first kappa shape index (κ1) is 17.7. The molecule has 0 radical (unpaired) electrons. The third kappa shape index (κ3) is 5.20. The van der Waals surface area contributed by atoms with Gasteiger partial charge in [0.05, 0.1) is 13.2 Å². The van der Waals surface area contributed by atoms with Gasteiger partial charge in [-0.3, -0.25) is 9.59 Å². The van der Waals surface area contributed by atoms with E-state index in [4.69, 9.17) is 21.1 Å². The summed E-state index contributed by atoms with van der Waals surface area (Å²) in [6.45, 7) is 2.96. The van der Waals surface area contributed by atoms with Crippen molar-refractivity contribution in [1.29, 1.82) is 0 Å². The number of carbonyl (C=O) groups excluding carboxylic acids is 2. The molecule has 0 unspecified atom stereocenters. The highest BCUT2D eigenvalue weighted by Gasteiger charge is 2.24. The van der Waals surface area contributed by atoms with Crippen molar-refractivity contribution >= 4 is 23.4 Å². The number of nitrogens with zero attached hydrogens (tertiary/aromatic N) is 2. The Kier molecular flexibility index (Phi) is 6.83. The molecule has 1 fully saturated rings. The second kappa shape index (κ2) is 8.86. The average Bonchev–Trinajstić information content (AvgIpc) is 2.58. The number of amides is 2. The number of halogens is 1. The summed E-state index contributed by atoms with van der Waals surface area (Å²) in [5.74, 6) is -0.119. The maximum absolute atomic E-state index is 12.4. The van der Waals surface area contributed by atoms with Crippen molar-refractivity contribution in [2.45, 2.75) is 0 Å². The Morgan fingerprint density at radius 1 is 1.13 bits per heavy atom. The van der Waals surface area contributed by atoms with Gasteiger partial charge in [0, 0.05) is 43.9 Å². The van der Waals surface area contributed by atoms with Gasteiger partial charge in [-0.15, -0.1) is 0 Å². The number of piperazine rings is 1. The van der Waals surface area contributed by atoms with Crippen LogP contribution in [0.4, 0.5) is 0 Å². The first-order valence-electron chi connectivity index (χ1n) is 7.51. The lowest BCUT2D eigenvalue weighted by Crippen LogP contribution is -2.51. The standard InChI is InChI=1S/C16H21ClN2O4/c1-22-9-10-23-12-15(20)18-5-7-19(8-6-18)16(21)13-3-2-4-14(17)11-13/h2-4,11H,5-10,12H2,1H3. The zero-order valence-corrected chi connectivity index (χ0v) is 13.9. The topological polar surface area (TPSA) is 59.1 Å². The van der Waals surface area contributed by atoms with Crippen LogP contribution in [0.3, 0.4) is 0 Å². The fourth-order valence-electron chi connectivity index (χ4n) is 2.36. The van der Waals surface area contributed by atoms with E-state index in [-0.39, 0.29) is 18.4 Å². The second-order valence-corrected chi connectivity index (χ2v) is 5.67. The summed E-state index contributed by atoms with van der Waals surface area (Å²) in [5, 5.41) is 0.540. The van der Waals surface area contributed by atoms with Crippen LogP contribution >= 0.6 is 11.6 Å². The molecule has 0 bridgehead atoms. The minimum atomic E-state index is -0.0593. The van der Waals surface area contributed by atoms with Crippen LogP contribution in [0.2, 0.25) is 5.02 Å². The van der Waals surface area contributed by atoms with Gasteiger partial charge in [0.15, 0.2) is 0 Å². The van der Waals surface area contributed by atoms with E-state index in [9.17, 15) is 9.59 Å². The normalized spacial score (nSPS) is 14.9. The van der Waals surface area contributed by atoms with Crippen LogP contribution in [0.15, 0.2) is 24.3 Å². The molecule has 0 aromatic heterocycles. The molecule has 0 aliphatic carbocycles. The van der Waals surface area contributed by atoms with Gasteiger partial charge in [-0.05, 0) is 18.2 Å². The molecular formula is C16H21ClN2O4. The Morgan fingerprint density at radius 2 is 1.83 bits per heavy atom. The van der Waals surface area contributed by atoms with Crippen LogP contribution in [0, 0.1) is 0 Å². The summed E-state index contributed by atoms with van der Waals surface area (Å²) in [7, 11) is 1.58. The van der Waals surface area contributed by atoms with Crippen molar-refractivity contribution in [3.63, 3.8) is 0 Å². The number of ether oxygens (including phenoxy) is 2. The van der Waals surface area contributed by atoms with Gasteiger partial charge in [0.25, 0.3) is 5.91 Å². The van der Waals surface area contributed by atoms with Crippen LogP contribution in [-0.4, -0.2) is 74.7 Å². The van der Waals surface area contributed by atoms with Crippen molar-refractivity contribution in [3.05, 3.63) is 34.9 Å². The van der Waals surface area contributed by atoms with Crippen LogP contribution in [-0.2, 0) is 14.3 Å². The molecule has 0 saturated carbocycles. The molecule has 126 valence electrons. The molecule has 1 aromatic carbocycles. The molecule has 0 spiro atoms. The van der Waals surface area contributed by atoms with Gasteiger partial charge < -0.3 is 19.3 Å². The summed E-state index contributed by atoms with van der Waals surface area (Å²) < 4.78 is 10.1. The SMILES string of the molecule is COCCOCC(=O)N1CCN(C(=O)c2cccc(Cl)c2)CC1. The average molecular weight is 341 g/mol. The Morgan fingerprint density at radius 3 is 2.48 bits per heavy atom. The monoisotopic (exact) mass is 340 g/mol. The van der Waals surface area contributed by atoms with Crippen LogP contribution in [0.1, 0.15) is 10.4 Å². The van der Waals surface area contributed by atoms with Crippen LogP contribution < -0.4 is 0 Å². The van der Waals surface area contributed by atoms with E-state index in [2.05, 4.69) is 0 Å². The number of rotatable bonds is 6. The highest BCUT2D eigenvalue weighted by atomic mass is 35.5. The van der Waals surface area contributed by atoms with Gasteiger partial charge in [0.2, 0.25) is 5.91 Å². The van der Waals surface area contributed by atoms with E-state index >= 15 is 0 Å². The van der Waals surface area contributed by atoms with Crippen molar-refractivity contribution in [2.75, 3.05) is 53.1 Å². The Hall–Kier alpha value is -1.63. The first-order valence-corrected chi connectivity index (χ1v) is 7.89. The molecule has 1 saturated heterocycles. The molecule has 1 aromatic rings. The molecule has 6 nitrogen and oxygen atoms in total. The minimum absolute atomic E-state index is 0.0472. The summed E-state index contributed by atoms with van der Waals surface area (Å²) >= 11 is 5.92. The number of hydrogen-bond donors (Lipinski definition) is 0. The maximum Gasteiger partial charge on any atom is 0.254 e. The third-order valence-electron chi connectivity index (χ3n) is 3.65. The first-order chi connectivity index (χ1) is 11.1. The predicted molar refractivity (Wildman–Crippen MR) is 86.6 cm³/mol. The lowest BCUT2D eigenvalue weighted by atomic mass is 10.2. The zero-order chi connectivity index (χ0) is 16.7. The quantitative estimate of drug-likeness (QED) is 0.732. The molecule has 0 N–H and O–H groups in total. The van der Waals surface area contributed by atoms with Crippen LogP contribution in [0.5, 0.6) is 0 Å². The van der Waals surface area contributed by atoms with E-state index < -0.39 is 0 Å². The summed E-state index contributed by atoms with van der Waals surface area (Å²) in [6, 6.07) is 6.89. The highest BCUT2D eigenvalue weighted by Crippen LogP contribution is 2.14. The molecule has 1 aliphatic rings. The Labute approximate surface area is 140 Å². The van der Waals surface area contributed by atoms with E-state index in [1.165, 1.54) is 0 Å². The van der Waals surface area contributed by atoms with E-state index in [0.29, 0.717) is 50.0 Å². The second-order valence-electron chi connectivity index (χ2n) is 5.23. The van der Waals surface area contributed by atoms with Gasteiger partial charge in [-0.2, -0.15) is 0 Å². The number of hydrogen-bond acceptors (Lipinski definition) is 4. The lowest BCUT2D eigenvalue weighted by Gasteiger charge is -2.34. The van der Waals surface area contributed by atoms with E-state index in [1.807, 2.05) is 0 Å². The molecule has 7 heteroatoms. The molecule has 0 atom stereocenters. The van der Waals surface area contributed by atoms with Crippen molar-refractivity contribution in [1.82, 2.24) is 9.80 Å². The summed E-state index contributed by atoms with van der Waals surface area (Å²) in [6.07, 6.45) is 0. The number of carbonyl (C=O) groups is 2. The molecule has 2 rings (SSSR count). The molecule has 1 aliphatic heterocycles. The maximum atomic E-state index is 12.4. The summed E-state index contributed by atoms with van der Waals surface area (Å²) in [4.78, 5) is 27.8. The largest absolute Gasteiger partial charge is 0.382 e. The van der Waals surface area contributed by atoms with Gasteiger partial charge in [-0.1, -0.05) is 17.7 Å². The lowest BCUT2D eigenvalue weighted by molar-refractivity contribution is -0.138. The highest BCUT2D eigenvalue weighted by molar-refractivity contribution is 6.30. The molecule has 23 heavy (non-hydrogen) atoms. The van der Waals surface area contributed by atoms with Crippen molar-refractivity contribution in [2.24, 2.45) is 0 Å². The Balaban J connectivity index is 1.79.